The molecule has 92 valence electrons. The molecule has 0 aliphatic rings. The normalized spacial score (nSPS) is 11.7. The molecule has 0 aliphatic heterocycles. The molecule has 0 saturated carbocycles. The molecule has 1 aromatic rings. The number of amides is 2. The Kier molecular flexibility index (Phi) is 4.77. The molecule has 0 heterocycles. The molecule has 0 aromatic heterocycles. The highest BCUT2D eigenvalue weighted by atomic mass is 79.9. The molecule has 2 amide bonds. The third kappa shape index (κ3) is 4.24. The second-order valence-electron chi connectivity index (χ2n) is 3.28. The third-order valence-corrected chi connectivity index (χ3v) is 2.82. The Morgan fingerprint density at radius 2 is 2.12 bits per heavy atom. The van der Waals surface area contributed by atoms with Crippen LogP contribution in [0.4, 0.5) is 10.5 Å². The molecule has 7 heteroatoms. The third-order valence-electron chi connectivity index (χ3n) is 1.89. The minimum absolute atomic E-state index is 0.465. The van der Waals surface area contributed by atoms with Gasteiger partial charge in [0.05, 0.1) is 5.69 Å². The monoisotopic (exact) mass is 320 g/mol. The summed E-state index contributed by atoms with van der Waals surface area (Å²) < 4.78 is 0.653. The van der Waals surface area contributed by atoms with Crippen molar-refractivity contribution in [3.05, 3.63) is 27.7 Å². The van der Waals surface area contributed by atoms with Gasteiger partial charge >= 0.3 is 12.0 Å². The maximum absolute atomic E-state index is 11.4. The fraction of sp³-hybridized carbons (Fsp3) is 0.200. The molecule has 0 saturated heterocycles. The number of halogens is 2. The summed E-state index contributed by atoms with van der Waals surface area (Å²) in [5.74, 6) is -1.11. The predicted molar refractivity (Wildman–Crippen MR) is 68.4 cm³/mol. The summed E-state index contributed by atoms with van der Waals surface area (Å²) in [7, 11) is 0. The Hall–Kier alpha value is -1.27. The number of hydrogen-bond donors (Lipinski definition) is 3. The predicted octanol–water partition coefficient (Wildman–Crippen LogP) is 2.70. The highest BCUT2D eigenvalue weighted by Crippen LogP contribution is 2.25. The molecule has 3 N–H and O–H groups in total. The van der Waals surface area contributed by atoms with E-state index in [1.165, 1.54) is 6.92 Å². The lowest BCUT2D eigenvalue weighted by Crippen LogP contribution is -2.40. The maximum atomic E-state index is 11.4. The Morgan fingerprint density at radius 1 is 1.47 bits per heavy atom. The van der Waals surface area contributed by atoms with Crippen LogP contribution in [0.15, 0.2) is 22.7 Å². The summed E-state index contributed by atoms with van der Waals surface area (Å²) in [4.78, 5) is 22.0. The van der Waals surface area contributed by atoms with Gasteiger partial charge in [-0.15, -0.1) is 0 Å². The first-order valence-electron chi connectivity index (χ1n) is 4.65. The van der Waals surface area contributed by atoms with Gasteiger partial charge in [-0.1, -0.05) is 11.6 Å². The molecule has 0 aliphatic carbocycles. The van der Waals surface area contributed by atoms with Crippen LogP contribution in [0.25, 0.3) is 0 Å². The van der Waals surface area contributed by atoms with Crippen molar-refractivity contribution in [2.24, 2.45) is 0 Å². The highest BCUT2D eigenvalue weighted by molar-refractivity contribution is 9.10. The summed E-state index contributed by atoms with van der Waals surface area (Å²) in [5.41, 5.74) is 0.465. The van der Waals surface area contributed by atoms with Gasteiger partial charge in [0.2, 0.25) is 0 Å². The van der Waals surface area contributed by atoms with E-state index in [0.717, 1.165) is 0 Å². The van der Waals surface area contributed by atoms with Gasteiger partial charge in [-0.25, -0.2) is 4.79 Å². The number of carboxylic acid groups (broad SMARTS) is 1. The second kappa shape index (κ2) is 5.88. The van der Waals surface area contributed by atoms with Crippen LogP contribution >= 0.6 is 27.5 Å². The van der Waals surface area contributed by atoms with Crippen molar-refractivity contribution >= 4 is 45.2 Å². The number of aliphatic carboxylic acids is 1. The number of carbonyl (C=O) groups is 2. The average molecular weight is 322 g/mol. The van der Waals surface area contributed by atoms with Gasteiger partial charge < -0.3 is 15.7 Å². The van der Waals surface area contributed by atoms with Crippen LogP contribution in [0.3, 0.4) is 0 Å². The zero-order valence-corrected chi connectivity index (χ0v) is 11.2. The molecule has 17 heavy (non-hydrogen) atoms. The van der Waals surface area contributed by atoms with E-state index in [9.17, 15) is 9.59 Å². The lowest BCUT2D eigenvalue weighted by Gasteiger charge is -2.11. The van der Waals surface area contributed by atoms with Crippen molar-refractivity contribution in [2.75, 3.05) is 5.32 Å². The van der Waals surface area contributed by atoms with E-state index in [1.54, 1.807) is 18.2 Å². The van der Waals surface area contributed by atoms with Crippen LogP contribution < -0.4 is 10.6 Å². The maximum Gasteiger partial charge on any atom is 0.325 e. The van der Waals surface area contributed by atoms with Gasteiger partial charge in [0.25, 0.3) is 0 Å². The summed E-state index contributed by atoms with van der Waals surface area (Å²) in [6.07, 6.45) is 0. The standard InChI is InChI=1S/C10H10BrClN2O3/c1-5(9(15)16)13-10(17)14-8-4-6(12)2-3-7(8)11/h2-5H,1H3,(H,15,16)(H2,13,14,17)/t5-/m0/s1. The number of nitrogens with one attached hydrogen (secondary N) is 2. The van der Waals surface area contributed by atoms with Crippen molar-refractivity contribution < 1.29 is 14.7 Å². The molecule has 0 unspecified atom stereocenters. The largest absolute Gasteiger partial charge is 0.480 e. The number of rotatable bonds is 3. The van der Waals surface area contributed by atoms with E-state index >= 15 is 0 Å². The molecule has 0 spiro atoms. The van der Waals surface area contributed by atoms with Crippen LogP contribution in [-0.4, -0.2) is 23.1 Å². The molecule has 1 aromatic carbocycles. The van der Waals surface area contributed by atoms with E-state index in [0.29, 0.717) is 15.2 Å². The molecule has 0 radical (unpaired) electrons. The summed E-state index contributed by atoms with van der Waals surface area (Å²) in [6, 6.07) is 3.32. The zero-order valence-electron chi connectivity index (χ0n) is 8.83. The van der Waals surface area contributed by atoms with Gasteiger partial charge in [0.1, 0.15) is 6.04 Å². The van der Waals surface area contributed by atoms with Crippen LogP contribution in [-0.2, 0) is 4.79 Å². The van der Waals surface area contributed by atoms with Crippen LogP contribution in [0.1, 0.15) is 6.92 Å². The number of carboxylic acids is 1. The Bertz CT molecular complexity index is 453. The van der Waals surface area contributed by atoms with Crippen molar-refractivity contribution in [2.45, 2.75) is 13.0 Å². The van der Waals surface area contributed by atoms with Gasteiger partial charge in [0.15, 0.2) is 0 Å². The fourth-order valence-electron chi connectivity index (χ4n) is 1.01. The van der Waals surface area contributed by atoms with E-state index in [-0.39, 0.29) is 0 Å². The summed E-state index contributed by atoms with van der Waals surface area (Å²) >= 11 is 9.01. The first-order chi connectivity index (χ1) is 7.90. The SMILES string of the molecule is C[C@H](NC(=O)Nc1cc(Cl)ccc1Br)C(=O)O. The van der Waals surface area contributed by atoms with Crippen LogP contribution in [0, 0.1) is 0 Å². The molecule has 1 rings (SSSR count). The van der Waals surface area contributed by atoms with Gasteiger partial charge in [-0.3, -0.25) is 4.79 Å². The highest BCUT2D eigenvalue weighted by Gasteiger charge is 2.14. The second-order valence-corrected chi connectivity index (χ2v) is 4.57. The summed E-state index contributed by atoms with van der Waals surface area (Å²) in [5, 5.41) is 13.8. The summed E-state index contributed by atoms with van der Waals surface area (Å²) in [6.45, 7) is 1.37. The van der Waals surface area contributed by atoms with Crippen molar-refractivity contribution in [1.29, 1.82) is 0 Å². The minimum atomic E-state index is -1.11. The van der Waals surface area contributed by atoms with Gasteiger partial charge in [-0.05, 0) is 41.1 Å². The molecule has 0 bridgehead atoms. The molecule has 5 nitrogen and oxygen atoms in total. The van der Waals surface area contributed by atoms with Gasteiger partial charge in [0, 0.05) is 9.50 Å². The van der Waals surface area contributed by atoms with Crippen molar-refractivity contribution in [3.63, 3.8) is 0 Å². The van der Waals surface area contributed by atoms with Crippen molar-refractivity contribution in [3.8, 4) is 0 Å². The van der Waals surface area contributed by atoms with E-state index in [2.05, 4.69) is 26.6 Å². The van der Waals surface area contributed by atoms with Crippen LogP contribution in [0.2, 0.25) is 5.02 Å². The number of benzene rings is 1. The van der Waals surface area contributed by atoms with Gasteiger partial charge in [-0.2, -0.15) is 0 Å². The first kappa shape index (κ1) is 13.8. The lowest BCUT2D eigenvalue weighted by atomic mass is 10.3. The fourth-order valence-corrected chi connectivity index (χ4v) is 1.53. The lowest BCUT2D eigenvalue weighted by molar-refractivity contribution is -0.138. The molecule has 1 atom stereocenters. The average Bonchev–Trinajstić information content (AvgIpc) is 2.23. The number of carbonyl (C=O) groups excluding carboxylic acids is 1. The first-order valence-corrected chi connectivity index (χ1v) is 5.82. The zero-order chi connectivity index (χ0) is 13.0. The van der Waals surface area contributed by atoms with E-state index in [1.807, 2.05) is 0 Å². The van der Waals surface area contributed by atoms with E-state index in [4.69, 9.17) is 16.7 Å². The Morgan fingerprint density at radius 3 is 2.71 bits per heavy atom. The number of urea groups is 1. The smallest absolute Gasteiger partial charge is 0.325 e. The number of anilines is 1. The Labute approximate surface area is 111 Å². The topological polar surface area (TPSA) is 78.4 Å². The molecular weight excluding hydrogens is 311 g/mol. The minimum Gasteiger partial charge on any atom is -0.480 e. The van der Waals surface area contributed by atoms with E-state index < -0.39 is 18.0 Å². The van der Waals surface area contributed by atoms with Crippen LogP contribution in [0.5, 0.6) is 0 Å². The van der Waals surface area contributed by atoms with Crippen molar-refractivity contribution in [1.82, 2.24) is 5.32 Å². The number of hydrogen-bond acceptors (Lipinski definition) is 2. The molecule has 0 fully saturated rings. The Balaban J connectivity index is 2.68. The molecular formula is C10H10BrClN2O3. The quantitative estimate of drug-likeness (QED) is 0.801.